The van der Waals surface area contributed by atoms with Gasteiger partial charge in [-0.25, -0.2) is 9.13 Å². The highest BCUT2D eigenvalue weighted by Crippen LogP contribution is 2.49. The lowest BCUT2D eigenvalue weighted by molar-refractivity contribution is -0.216. The van der Waals surface area contributed by atoms with E-state index in [0.717, 1.165) is 57.8 Å². The van der Waals surface area contributed by atoms with Gasteiger partial charge in [0.15, 0.2) is 6.10 Å². The summed E-state index contributed by atoms with van der Waals surface area (Å²) in [6.45, 7) is 2.66. The molecule has 0 saturated heterocycles. The topological polar surface area (TPSA) is 317 Å². The molecule has 0 aliphatic heterocycles. The molecule has 68 heavy (non-hydrogen) atoms. The number of unbranched alkanes of at least 4 members (excludes halogenated alkanes) is 10. The van der Waals surface area contributed by atoms with Gasteiger partial charge >= 0.3 is 27.6 Å². The standard InChI is InChI=1S/C47H80O19P2/c1-3-5-7-8-9-10-11-12-13-14-15-16-17-22-26-32-41(52)64-37(35-63-68(60,61)66-47-44(55)42(53)43(54)46(45(47)56)65-67(57,58)59)34-62-40(51)33-27-31-39(50)38(49)30-25-21-19-18-20-24-29-36(48)28-23-6-4-2/h9-10,12-13,18-21,24-25,29-30,36-39,42-50,53-56H,3-8,11,14-17,22-23,26-28,31-35H2,1-2H3,(H,60,61)(H2,57,58,59)/b10-9-,13-12-,20-18-,21-19+,29-24+,30-25+/t36-,37-,38-,39-,42?,43?,44?,45?,46-,47+/m1/s1. The minimum atomic E-state index is -5.41. The van der Waals surface area contributed by atoms with Gasteiger partial charge in [-0.1, -0.05) is 138 Å². The van der Waals surface area contributed by atoms with Crippen molar-refractivity contribution in [3.05, 3.63) is 72.9 Å². The largest absolute Gasteiger partial charge is 0.472 e. The average molecular weight is 1010 g/mol. The summed E-state index contributed by atoms with van der Waals surface area (Å²) in [5, 5.41) is 71.8. The normalized spacial score (nSPS) is 23.3. The quantitative estimate of drug-likeness (QED) is 0.0116. The van der Waals surface area contributed by atoms with Gasteiger partial charge in [0.1, 0.15) is 43.2 Å². The van der Waals surface area contributed by atoms with E-state index in [-0.39, 0.29) is 25.7 Å². The molecule has 0 heterocycles. The summed E-state index contributed by atoms with van der Waals surface area (Å²) in [5.74, 6) is -1.56. The third kappa shape index (κ3) is 30.8. The van der Waals surface area contributed by atoms with E-state index in [4.69, 9.17) is 18.5 Å². The number of hydrogen-bond acceptors (Lipinski definition) is 16. The number of aliphatic hydroxyl groups excluding tert-OH is 7. The van der Waals surface area contributed by atoms with Gasteiger partial charge in [-0.2, -0.15) is 0 Å². The van der Waals surface area contributed by atoms with Crippen molar-refractivity contribution in [1.29, 1.82) is 0 Å². The number of carbonyl (C=O) groups excluding carboxylic acids is 2. The molecular weight excluding hydrogens is 930 g/mol. The van der Waals surface area contributed by atoms with Gasteiger partial charge < -0.3 is 59.9 Å². The SMILES string of the molecule is CCCCC/C=C\C/C=C\CCCCCCCC(=O)O[C@H](COC(=O)CCC[C@@H](O)[C@H](O)/C=C/C=C/C=C\C=C\[C@H](O)CCCCC)COP(=O)(O)O[C@H]1C(O)C(O)C(O)[C@@H](OP(=O)(O)O)C1O. The van der Waals surface area contributed by atoms with Crippen LogP contribution in [-0.2, 0) is 41.8 Å². The Morgan fingerprint density at radius 1 is 0.574 bits per heavy atom. The van der Waals surface area contributed by atoms with Crippen molar-refractivity contribution in [1.82, 2.24) is 0 Å². The number of hydrogen-bond donors (Lipinski definition) is 10. The fraction of sp³-hybridized carbons (Fsp3) is 0.702. The first-order valence-corrected chi connectivity index (χ1v) is 26.8. The highest BCUT2D eigenvalue weighted by molar-refractivity contribution is 7.47. The maximum Gasteiger partial charge on any atom is 0.472 e. The number of rotatable bonds is 38. The third-order valence-corrected chi connectivity index (χ3v) is 12.1. The molecule has 1 rings (SSSR count). The van der Waals surface area contributed by atoms with Crippen molar-refractivity contribution in [2.24, 2.45) is 0 Å². The predicted octanol–water partition coefficient (Wildman–Crippen LogP) is 5.75. The first-order valence-electron chi connectivity index (χ1n) is 23.8. The fourth-order valence-electron chi connectivity index (χ4n) is 6.73. The third-order valence-electron chi connectivity index (χ3n) is 10.6. The predicted molar refractivity (Wildman–Crippen MR) is 254 cm³/mol. The van der Waals surface area contributed by atoms with E-state index in [1.165, 1.54) is 31.4 Å². The van der Waals surface area contributed by atoms with Gasteiger partial charge in [-0.05, 0) is 57.8 Å². The van der Waals surface area contributed by atoms with Crippen LogP contribution in [0.3, 0.4) is 0 Å². The maximum absolute atomic E-state index is 13.0. The Bertz CT molecular complexity index is 1640. The summed E-state index contributed by atoms with van der Waals surface area (Å²) in [6, 6.07) is 0. The Hall–Kier alpha value is -2.68. The second-order valence-corrected chi connectivity index (χ2v) is 19.3. The van der Waals surface area contributed by atoms with E-state index in [1.807, 2.05) is 0 Å². The molecule has 0 bridgehead atoms. The van der Waals surface area contributed by atoms with Crippen molar-refractivity contribution in [2.45, 2.75) is 197 Å². The molecule has 0 aromatic rings. The molecule has 0 aromatic carbocycles. The monoisotopic (exact) mass is 1010 g/mol. The van der Waals surface area contributed by atoms with E-state index in [9.17, 15) is 69.1 Å². The first kappa shape index (κ1) is 63.3. The number of aliphatic hydroxyl groups is 7. The number of ether oxygens (including phenoxy) is 2. The maximum atomic E-state index is 13.0. The average Bonchev–Trinajstić information content (AvgIpc) is 3.28. The van der Waals surface area contributed by atoms with Crippen molar-refractivity contribution < 1.29 is 92.2 Å². The van der Waals surface area contributed by atoms with E-state index >= 15 is 0 Å². The molecule has 5 unspecified atom stereocenters. The van der Waals surface area contributed by atoms with Crippen LogP contribution in [0, 0.1) is 0 Å². The van der Waals surface area contributed by atoms with Crippen molar-refractivity contribution in [3.8, 4) is 0 Å². The summed E-state index contributed by atoms with van der Waals surface area (Å²) in [6.07, 6.45) is 17.8. The highest BCUT2D eigenvalue weighted by Gasteiger charge is 2.54. The Kier molecular flexibility index (Phi) is 34.6. The van der Waals surface area contributed by atoms with Crippen LogP contribution in [-0.4, -0.2) is 137 Å². The van der Waals surface area contributed by atoms with Crippen LogP contribution in [0.1, 0.15) is 136 Å². The van der Waals surface area contributed by atoms with Crippen molar-refractivity contribution in [2.75, 3.05) is 13.2 Å². The number of esters is 2. The molecule has 0 amide bonds. The molecule has 21 heteroatoms. The fourth-order valence-corrected chi connectivity index (χ4v) is 8.27. The molecule has 0 aromatic heterocycles. The van der Waals surface area contributed by atoms with Crippen LogP contribution >= 0.6 is 15.6 Å². The van der Waals surface area contributed by atoms with Gasteiger partial charge in [-0.15, -0.1) is 0 Å². The number of phosphoric ester groups is 2. The Morgan fingerprint density at radius 3 is 1.75 bits per heavy atom. The number of phosphoric acid groups is 2. The van der Waals surface area contributed by atoms with Gasteiger partial charge in [0.2, 0.25) is 0 Å². The molecule has 392 valence electrons. The zero-order valence-electron chi connectivity index (χ0n) is 39.6. The summed E-state index contributed by atoms with van der Waals surface area (Å²) < 4.78 is 49.1. The lowest BCUT2D eigenvalue weighted by Gasteiger charge is -2.43. The molecule has 1 aliphatic carbocycles. The Balaban J connectivity index is 2.75. The molecule has 1 saturated carbocycles. The second kappa shape index (κ2) is 37.1. The van der Waals surface area contributed by atoms with Crippen LogP contribution in [0.2, 0.25) is 0 Å². The molecule has 1 aliphatic rings. The zero-order valence-corrected chi connectivity index (χ0v) is 41.4. The lowest BCUT2D eigenvalue weighted by Crippen LogP contribution is -2.64. The Morgan fingerprint density at radius 2 is 1.12 bits per heavy atom. The first-order chi connectivity index (χ1) is 32.3. The zero-order chi connectivity index (χ0) is 50.8. The van der Waals surface area contributed by atoms with E-state index in [2.05, 4.69) is 42.7 Å². The van der Waals surface area contributed by atoms with E-state index in [1.54, 1.807) is 36.5 Å². The second-order valence-electron chi connectivity index (χ2n) is 16.7. The van der Waals surface area contributed by atoms with Crippen LogP contribution in [0.5, 0.6) is 0 Å². The van der Waals surface area contributed by atoms with Gasteiger partial charge in [0, 0.05) is 12.8 Å². The van der Waals surface area contributed by atoms with Gasteiger partial charge in [-0.3, -0.25) is 23.2 Å². The van der Waals surface area contributed by atoms with E-state index in [0.29, 0.717) is 19.3 Å². The molecule has 19 nitrogen and oxygen atoms in total. The van der Waals surface area contributed by atoms with Crippen LogP contribution in [0.15, 0.2) is 72.9 Å². The summed E-state index contributed by atoms with van der Waals surface area (Å²) >= 11 is 0. The Labute approximate surface area is 401 Å². The van der Waals surface area contributed by atoms with Crippen LogP contribution in [0.4, 0.5) is 0 Å². The van der Waals surface area contributed by atoms with Crippen LogP contribution in [0.25, 0.3) is 0 Å². The summed E-state index contributed by atoms with van der Waals surface area (Å²) in [4.78, 5) is 54.3. The smallest absolute Gasteiger partial charge is 0.462 e. The van der Waals surface area contributed by atoms with E-state index < -0.39 is 102 Å². The minimum Gasteiger partial charge on any atom is -0.462 e. The molecule has 1 fully saturated rings. The number of carbonyl (C=O) groups is 2. The van der Waals surface area contributed by atoms with Crippen LogP contribution < -0.4 is 0 Å². The highest BCUT2D eigenvalue weighted by atomic mass is 31.2. The molecular formula is C47H80O19P2. The van der Waals surface area contributed by atoms with Gasteiger partial charge in [0.25, 0.3) is 0 Å². The number of allylic oxidation sites excluding steroid dienone is 10. The minimum absolute atomic E-state index is 0.000360. The van der Waals surface area contributed by atoms with Gasteiger partial charge in [0.05, 0.1) is 24.9 Å². The molecule has 10 N–H and O–H groups in total. The summed E-state index contributed by atoms with van der Waals surface area (Å²) in [5.41, 5.74) is 0. The van der Waals surface area contributed by atoms with Crippen molar-refractivity contribution in [3.63, 3.8) is 0 Å². The molecule has 0 radical (unpaired) electrons. The summed E-state index contributed by atoms with van der Waals surface area (Å²) in [7, 11) is -10.8. The molecule has 0 spiro atoms. The molecule has 11 atom stereocenters. The lowest BCUT2D eigenvalue weighted by atomic mass is 9.85. The van der Waals surface area contributed by atoms with Crippen molar-refractivity contribution >= 4 is 27.6 Å².